The zero-order valence-corrected chi connectivity index (χ0v) is 13.6. The Morgan fingerprint density at radius 2 is 1.75 bits per heavy atom. The number of nitro groups is 1. The summed E-state index contributed by atoms with van der Waals surface area (Å²) >= 11 is 0. The highest BCUT2D eigenvalue weighted by Gasteiger charge is 2.28. The van der Waals surface area contributed by atoms with E-state index in [-0.39, 0.29) is 5.69 Å². The molecule has 0 aliphatic rings. The molecule has 1 N–H and O–H groups in total. The van der Waals surface area contributed by atoms with Crippen molar-refractivity contribution in [1.82, 2.24) is 0 Å². The zero-order valence-electron chi connectivity index (χ0n) is 13.6. The molecule has 0 heterocycles. The molecule has 2 aromatic rings. The molecular formula is C16H17F3N2O3. The maximum absolute atomic E-state index is 13.9. The molecule has 0 saturated carbocycles. The van der Waals surface area contributed by atoms with E-state index >= 15 is 0 Å². The maximum Gasteiger partial charge on any atom is 0.337 e. The van der Waals surface area contributed by atoms with E-state index in [1.165, 1.54) is 12.1 Å². The molecule has 0 aromatic heterocycles. The van der Waals surface area contributed by atoms with E-state index in [0.717, 1.165) is 13.2 Å². The van der Waals surface area contributed by atoms with Gasteiger partial charge in [0, 0.05) is 6.07 Å². The average molecular weight is 342 g/mol. The van der Waals surface area contributed by atoms with Crippen molar-refractivity contribution < 1.29 is 22.8 Å². The van der Waals surface area contributed by atoms with Gasteiger partial charge in [-0.1, -0.05) is 19.9 Å². The Kier molecular flexibility index (Phi) is 6.58. The molecule has 0 spiro atoms. The summed E-state index contributed by atoms with van der Waals surface area (Å²) < 4.78 is 45.9. The van der Waals surface area contributed by atoms with E-state index in [1.54, 1.807) is 6.92 Å². The summed E-state index contributed by atoms with van der Waals surface area (Å²) in [4.78, 5) is 10.2. The fraction of sp³-hybridized carbons (Fsp3) is 0.250. The van der Waals surface area contributed by atoms with Gasteiger partial charge in [-0.25, -0.2) is 13.2 Å². The fourth-order valence-corrected chi connectivity index (χ4v) is 1.90. The molecule has 0 amide bonds. The van der Waals surface area contributed by atoms with Crippen LogP contribution in [0.25, 0.3) is 0 Å². The van der Waals surface area contributed by atoms with Crippen LogP contribution in [0.3, 0.4) is 0 Å². The second kappa shape index (κ2) is 8.19. The molecule has 24 heavy (non-hydrogen) atoms. The van der Waals surface area contributed by atoms with Crippen LogP contribution < -0.4 is 10.1 Å². The van der Waals surface area contributed by atoms with Crippen LogP contribution in [-0.2, 0) is 0 Å². The Hall–Kier alpha value is -2.77. The monoisotopic (exact) mass is 342 g/mol. The van der Waals surface area contributed by atoms with Gasteiger partial charge in [0.1, 0.15) is 5.82 Å². The van der Waals surface area contributed by atoms with Crippen LogP contribution in [0.5, 0.6) is 5.75 Å². The molecular weight excluding hydrogens is 325 g/mol. The number of nitrogens with zero attached hydrogens (tertiary/aromatic N) is 1. The first-order valence-corrected chi connectivity index (χ1v) is 7.08. The number of methoxy groups -OCH3 is 1. The molecule has 2 rings (SSSR count). The summed E-state index contributed by atoms with van der Waals surface area (Å²) in [7, 11) is 1.08. The summed E-state index contributed by atoms with van der Waals surface area (Å²) in [6.45, 7) is 5.64. The van der Waals surface area contributed by atoms with Gasteiger partial charge in [0.05, 0.1) is 17.7 Å². The van der Waals surface area contributed by atoms with Crippen molar-refractivity contribution in [2.45, 2.75) is 20.8 Å². The summed E-state index contributed by atoms with van der Waals surface area (Å²) in [5.41, 5.74) is -1.24. The van der Waals surface area contributed by atoms with Crippen molar-refractivity contribution in [1.29, 1.82) is 0 Å². The Morgan fingerprint density at radius 1 is 1.12 bits per heavy atom. The standard InChI is InChI=1S/C14H11F3N2O3.C2H6/c1-7-3-4-10(8(15)5-7)18-13-12(17)9(16)6-11(22-2)14(13)19(20)21;1-2/h3-6,18H,1-2H3;1-2H3. The van der Waals surface area contributed by atoms with E-state index in [0.29, 0.717) is 11.6 Å². The van der Waals surface area contributed by atoms with E-state index < -0.39 is 39.5 Å². The zero-order chi connectivity index (χ0) is 18.4. The van der Waals surface area contributed by atoms with Gasteiger partial charge in [0.2, 0.25) is 5.75 Å². The number of anilines is 2. The van der Waals surface area contributed by atoms with Crippen molar-refractivity contribution in [3.8, 4) is 5.75 Å². The third-order valence-electron chi connectivity index (χ3n) is 2.94. The Labute approximate surface area is 137 Å². The van der Waals surface area contributed by atoms with Gasteiger partial charge in [-0.15, -0.1) is 0 Å². The van der Waals surface area contributed by atoms with Crippen molar-refractivity contribution in [3.05, 3.63) is 57.4 Å². The van der Waals surface area contributed by atoms with Crippen molar-refractivity contribution in [3.63, 3.8) is 0 Å². The van der Waals surface area contributed by atoms with Gasteiger partial charge in [0.25, 0.3) is 0 Å². The van der Waals surface area contributed by atoms with E-state index in [1.807, 2.05) is 13.8 Å². The van der Waals surface area contributed by atoms with Crippen LogP contribution >= 0.6 is 0 Å². The van der Waals surface area contributed by atoms with Gasteiger partial charge in [-0.3, -0.25) is 10.1 Å². The molecule has 0 atom stereocenters. The van der Waals surface area contributed by atoms with Gasteiger partial charge < -0.3 is 10.1 Å². The minimum absolute atomic E-state index is 0.222. The van der Waals surface area contributed by atoms with Crippen molar-refractivity contribution >= 4 is 17.1 Å². The maximum atomic E-state index is 13.9. The molecule has 5 nitrogen and oxygen atoms in total. The van der Waals surface area contributed by atoms with Gasteiger partial charge in [-0.05, 0) is 24.6 Å². The van der Waals surface area contributed by atoms with Crippen molar-refractivity contribution in [2.24, 2.45) is 0 Å². The van der Waals surface area contributed by atoms with Crippen LogP contribution in [-0.4, -0.2) is 12.0 Å². The van der Waals surface area contributed by atoms with Crippen LogP contribution in [0.1, 0.15) is 19.4 Å². The average Bonchev–Trinajstić information content (AvgIpc) is 2.55. The van der Waals surface area contributed by atoms with Crippen LogP contribution in [0.4, 0.5) is 30.2 Å². The Balaban J connectivity index is 0.00000139. The predicted octanol–water partition coefficient (Wildman–Crippen LogP) is 5.10. The highest BCUT2D eigenvalue weighted by molar-refractivity contribution is 5.75. The van der Waals surface area contributed by atoms with Crippen LogP contribution in [0.2, 0.25) is 0 Å². The predicted molar refractivity (Wildman–Crippen MR) is 85.3 cm³/mol. The lowest BCUT2D eigenvalue weighted by Gasteiger charge is -2.12. The minimum atomic E-state index is -1.49. The largest absolute Gasteiger partial charge is 0.490 e. The lowest BCUT2D eigenvalue weighted by molar-refractivity contribution is -0.385. The van der Waals surface area contributed by atoms with Crippen LogP contribution in [0, 0.1) is 34.5 Å². The molecule has 0 bridgehead atoms. The number of benzene rings is 2. The lowest BCUT2D eigenvalue weighted by atomic mass is 10.2. The summed E-state index contributed by atoms with van der Waals surface area (Å²) in [6.07, 6.45) is 0. The third kappa shape index (κ3) is 3.95. The number of rotatable bonds is 4. The number of ether oxygens (including phenoxy) is 1. The molecule has 8 heteroatoms. The first kappa shape index (κ1) is 19.3. The molecule has 2 aromatic carbocycles. The molecule has 0 radical (unpaired) electrons. The minimum Gasteiger partial charge on any atom is -0.490 e. The van der Waals surface area contributed by atoms with Gasteiger partial charge in [0.15, 0.2) is 17.3 Å². The molecule has 0 fully saturated rings. The van der Waals surface area contributed by atoms with E-state index in [4.69, 9.17) is 0 Å². The molecule has 0 unspecified atom stereocenters. The fourth-order valence-electron chi connectivity index (χ4n) is 1.90. The SMILES string of the molecule is CC.COc1cc(F)c(F)c(Nc2ccc(C)cc2F)c1[N+](=O)[O-]. The molecule has 130 valence electrons. The van der Waals surface area contributed by atoms with E-state index in [9.17, 15) is 23.3 Å². The number of nitrogens with one attached hydrogen (secondary N) is 1. The van der Waals surface area contributed by atoms with Gasteiger partial charge in [-0.2, -0.15) is 0 Å². The molecule has 0 aliphatic heterocycles. The highest BCUT2D eigenvalue weighted by atomic mass is 19.2. The third-order valence-corrected chi connectivity index (χ3v) is 2.94. The van der Waals surface area contributed by atoms with Crippen LogP contribution in [0.15, 0.2) is 24.3 Å². The lowest BCUT2D eigenvalue weighted by Crippen LogP contribution is -2.05. The summed E-state index contributed by atoms with van der Waals surface area (Å²) in [5, 5.41) is 13.3. The number of aryl methyl sites for hydroxylation is 1. The number of nitro benzene ring substituents is 1. The smallest absolute Gasteiger partial charge is 0.337 e. The second-order valence-electron chi connectivity index (χ2n) is 4.46. The molecule has 0 aliphatic carbocycles. The quantitative estimate of drug-likeness (QED) is 0.620. The topological polar surface area (TPSA) is 64.4 Å². The summed E-state index contributed by atoms with van der Waals surface area (Å²) in [6, 6.07) is 4.50. The number of hydrogen-bond acceptors (Lipinski definition) is 4. The first-order chi connectivity index (χ1) is 11.3. The van der Waals surface area contributed by atoms with E-state index in [2.05, 4.69) is 10.1 Å². The Morgan fingerprint density at radius 3 is 2.25 bits per heavy atom. The van der Waals surface area contributed by atoms with Gasteiger partial charge >= 0.3 is 5.69 Å². The highest BCUT2D eigenvalue weighted by Crippen LogP contribution is 2.40. The number of halogens is 3. The van der Waals surface area contributed by atoms with Crippen molar-refractivity contribution in [2.75, 3.05) is 12.4 Å². The summed E-state index contributed by atoms with van der Waals surface area (Å²) in [5.74, 6) is -4.07. The Bertz CT molecular complexity index is 752. The first-order valence-electron chi connectivity index (χ1n) is 7.08. The molecule has 0 saturated heterocycles. The second-order valence-corrected chi connectivity index (χ2v) is 4.46. The normalized spacial score (nSPS) is 9.79. The number of hydrogen-bond donors (Lipinski definition) is 1.